The minimum Gasteiger partial charge on any atom is -0.481 e. The first-order chi connectivity index (χ1) is 19.2. The third-order valence-electron chi connectivity index (χ3n) is 7.13. The van der Waals surface area contributed by atoms with E-state index in [9.17, 15) is 29.0 Å². The van der Waals surface area contributed by atoms with Crippen molar-refractivity contribution in [1.29, 1.82) is 0 Å². The number of hydrogen-bond acceptors (Lipinski definition) is 3. The predicted molar refractivity (Wildman–Crippen MR) is 161 cm³/mol. The number of unbranched alkanes of at least 4 members (excludes halogenated alkanes) is 12. The molecule has 2 aromatic carbocycles. The molecule has 0 bridgehead atoms. The standard InChI is InChI=1S/C32H48NO6P/c1-2-3-4-5-6-7-8-9-10-11-12-13-17-20-31(34)33-30(24-32(35)36)29-22-26(25-40(37,38)39)21-28(23-29)27-18-15-14-16-19-27/h14-16,18-19,21-23,30H,2-13,17,20,24-25H2,1H3,(H,33,34)(H,35,36)(H2,37,38,39). The highest BCUT2D eigenvalue weighted by molar-refractivity contribution is 7.50. The summed E-state index contributed by atoms with van der Waals surface area (Å²) in [6.07, 6.45) is 15.4. The number of carboxylic acid groups (broad SMARTS) is 1. The number of amides is 1. The fourth-order valence-electron chi connectivity index (χ4n) is 5.04. The second kappa shape index (κ2) is 18.8. The minimum atomic E-state index is -4.35. The summed E-state index contributed by atoms with van der Waals surface area (Å²) in [6, 6.07) is 13.6. The van der Waals surface area contributed by atoms with Crippen LogP contribution in [-0.4, -0.2) is 26.8 Å². The molecule has 0 fully saturated rings. The summed E-state index contributed by atoms with van der Waals surface area (Å²) in [6.45, 7) is 2.24. The summed E-state index contributed by atoms with van der Waals surface area (Å²) in [5.74, 6) is -1.27. The van der Waals surface area contributed by atoms with Crippen LogP contribution in [-0.2, 0) is 20.3 Å². The topological polar surface area (TPSA) is 124 Å². The SMILES string of the molecule is CCCCCCCCCCCCCCCC(=O)NC(CC(=O)O)c1cc(CP(=O)(O)O)cc(-c2ccccc2)c1. The van der Waals surface area contributed by atoms with Crippen LogP contribution in [0.5, 0.6) is 0 Å². The number of nitrogens with one attached hydrogen (secondary N) is 1. The molecule has 2 rings (SSSR count). The normalized spacial score (nSPS) is 12.3. The quantitative estimate of drug-likeness (QED) is 0.0883. The van der Waals surface area contributed by atoms with Crippen molar-refractivity contribution >= 4 is 19.5 Å². The van der Waals surface area contributed by atoms with E-state index in [1.165, 1.54) is 64.2 Å². The van der Waals surface area contributed by atoms with Crippen molar-refractivity contribution < 1.29 is 29.0 Å². The van der Waals surface area contributed by atoms with Crippen molar-refractivity contribution in [1.82, 2.24) is 5.32 Å². The number of aliphatic carboxylic acids is 1. The van der Waals surface area contributed by atoms with Gasteiger partial charge in [-0.3, -0.25) is 14.2 Å². The fourth-order valence-corrected chi connectivity index (χ4v) is 5.70. The number of carbonyl (C=O) groups is 2. The van der Waals surface area contributed by atoms with Crippen LogP contribution in [0, 0.1) is 0 Å². The molecular formula is C32H48NO6P. The third kappa shape index (κ3) is 14.8. The van der Waals surface area contributed by atoms with Gasteiger partial charge in [-0.05, 0) is 34.7 Å². The molecule has 0 aliphatic carbocycles. The first kappa shape index (κ1) is 33.7. The zero-order chi connectivity index (χ0) is 29.2. The van der Waals surface area contributed by atoms with Crippen LogP contribution in [0.2, 0.25) is 0 Å². The van der Waals surface area contributed by atoms with Crippen LogP contribution in [0.4, 0.5) is 0 Å². The Balaban J connectivity index is 1.88. The monoisotopic (exact) mass is 573 g/mol. The number of hydrogen-bond donors (Lipinski definition) is 4. The maximum Gasteiger partial charge on any atom is 0.329 e. The van der Waals surface area contributed by atoms with Crippen molar-refractivity contribution in [3.05, 3.63) is 59.7 Å². The molecule has 1 unspecified atom stereocenters. The van der Waals surface area contributed by atoms with Gasteiger partial charge in [0.2, 0.25) is 5.91 Å². The molecule has 0 aromatic heterocycles. The number of rotatable bonds is 21. The van der Waals surface area contributed by atoms with Gasteiger partial charge in [0.05, 0.1) is 18.6 Å². The van der Waals surface area contributed by atoms with E-state index < -0.39 is 25.8 Å². The van der Waals surface area contributed by atoms with E-state index >= 15 is 0 Å². The van der Waals surface area contributed by atoms with Crippen molar-refractivity contribution in [2.75, 3.05) is 0 Å². The molecule has 0 aliphatic heterocycles. The lowest BCUT2D eigenvalue weighted by Gasteiger charge is -2.20. The van der Waals surface area contributed by atoms with E-state index in [1.807, 2.05) is 30.3 Å². The second-order valence-electron chi connectivity index (χ2n) is 10.9. The average molecular weight is 574 g/mol. The van der Waals surface area contributed by atoms with Crippen LogP contribution in [0.1, 0.15) is 120 Å². The van der Waals surface area contributed by atoms with Crippen LogP contribution in [0.15, 0.2) is 48.5 Å². The van der Waals surface area contributed by atoms with E-state index in [4.69, 9.17) is 0 Å². The molecular weight excluding hydrogens is 525 g/mol. The van der Waals surface area contributed by atoms with Gasteiger partial charge in [0.15, 0.2) is 0 Å². The highest BCUT2D eigenvalue weighted by Crippen LogP contribution is 2.40. The van der Waals surface area contributed by atoms with Gasteiger partial charge >= 0.3 is 13.6 Å². The molecule has 2 aromatic rings. The predicted octanol–water partition coefficient (Wildman–Crippen LogP) is 8.14. The zero-order valence-corrected chi connectivity index (χ0v) is 24.9. The summed E-state index contributed by atoms with van der Waals surface area (Å²) in [5, 5.41) is 12.4. The van der Waals surface area contributed by atoms with Crippen molar-refractivity contribution in [2.45, 2.75) is 115 Å². The molecule has 0 aliphatic rings. The van der Waals surface area contributed by atoms with Gasteiger partial charge < -0.3 is 20.2 Å². The lowest BCUT2D eigenvalue weighted by atomic mass is 9.95. The summed E-state index contributed by atoms with van der Waals surface area (Å²) < 4.78 is 11.7. The van der Waals surface area contributed by atoms with E-state index in [1.54, 1.807) is 18.2 Å². The average Bonchev–Trinajstić information content (AvgIpc) is 2.90. The highest BCUT2D eigenvalue weighted by Gasteiger charge is 2.22. The van der Waals surface area contributed by atoms with Gasteiger partial charge in [-0.1, -0.05) is 126 Å². The largest absolute Gasteiger partial charge is 0.481 e. The van der Waals surface area contributed by atoms with Crippen LogP contribution >= 0.6 is 7.60 Å². The molecule has 4 N–H and O–H groups in total. The molecule has 40 heavy (non-hydrogen) atoms. The lowest BCUT2D eigenvalue weighted by Crippen LogP contribution is -2.30. The Bertz CT molecular complexity index is 1070. The van der Waals surface area contributed by atoms with Crippen LogP contribution in [0.3, 0.4) is 0 Å². The van der Waals surface area contributed by atoms with E-state index in [0.29, 0.717) is 23.1 Å². The van der Waals surface area contributed by atoms with Gasteiger partial charge in [0.1, 0.15) is 0 Å². The van der Waals surface area contributed by atoms with E-state index in [2.05, 4.69) is 12.2 Å². The lowest BCUT2D eigenvalue weighted by molar-refractivity contribution is -0.137. The number of carbonyl (C=O) groups excluding carboxylic acids is 1. The fraction of sp³-hybridized carbons (Fsp3) is 0.562. The Morgan fingerprint density at radius 3 is 1.85 bits per heavy atom. The molecule has 1 atom stereocenters. The van der Waals surface area contributed by atoms with Crippen molar-refractivity contribution in [2.24, 2.45) is 0 Å². The van der Waals surface area contributed by atoms with Crippen molar-refractivity contribution in [3.8, 4) is 11.1 Å². The molecule has 7 nitrogen and oxygen atoms in total. The molecule has 0 saturated carbocycles. The molecule has 0 saturated heterocycles. The van der Waals surface area contributed by atoms with E-state index in [0.717, 1.165) is 24.8 Å². The summed E-state index contributed by atoms with van der Waals surface area (Å²) in [5.41, 5.74) is 2.46. The Morgan fingerprint density at radius 1 is 0.775 bits per heavy atom. The number of carboxylic acids is 1. The molecule has 0 radical (unpaired) electrons. The highest BCUT2D eigenvalue weighted by atomic mass is 31.2. The summed E-state index contributed by atoms with van der Waals surface area (Å²) in [7, 11) is -4.35. The maximum atomic E-state index is 12.7. The Kier molecular flexibility index (Phi) is 15.9. The van der Waals surface area contributed by atoms with Gasteiger partial charge in [-0.2, -0.15) is 0 Å². The van der Waals surface area contributed by atoms with Gasteiger partial charge in [-0.25, -0.2) is 0 Å². The molecule has 0 spiro atoms. The van der Waals surface area contributed by atoms with Crippen molar-refractivity contribution in [3.63, 3.8) is 0 Å². The first-order valence-corrected chi connectivity index (χ1v) is 16.7. The Labute approximate surface area is 240 Å². The molecule has 0 heterocycles. The van der Waals surface area contributed by atoms with Gasteiger partial charge in [0, 0.05) is 6.42 Å². The molecule has 8 heteroatoms. The third-order valence-corrected chi connectivity index (χ3v) is 7.91. The van der Waals surface area contributed by atoms with Crippen LogP contribution < -0.4 is 5.32 Å². The van der Waals surface area contributed by atoms with E-state index in [-0.39, 0.29) is 12.3 Å². The maximum absolute atomic E-state index is 12.7. The van der Waals surface area contributed by atoms with Gasteiger partial charge in [-0.15, -0.1) is 0 Å². The summed E-state index contributed by atoms with van der Waals surface area (Å²) in [4.78, 5) is 43.5. The summed E-state index contributed by atoms with van der Waals surface area (Å²) >= 11 is 0. The Hall–Kier alpha value is -2.47. The minimum absolute atomic E-state index is 0.212. The molecule has 1 amide bonds. The van der Waals surface area contributed by atoms with Gasteiger partial charge in [0.25, 0.3) is 0 Å². The second-order valence-corrected chi connectivity index (χ2v) is 12.5. The zero-order valence-electron chi connectivity index (χ0n) is 24.0. The Morgan fingerprint density at radius 2 is 1.32 bits per heavy atom. The number of benzene rings is 2. The first-order valence-electron chi connectivity index (χ1n) is 14.9. The smallest absolute Gasteiger partial charge is 0.329 e. The van der Waals surface area contributed by atoms with Crippen LogP contribution in [0.25, 0.3) is 11.1 Å². The molecule has 222 valence electrons.